The predicted octanol–water partition coefficient (Wildman–Crippen LogP) is 4.10. The molecule has 0 saturated carbocycles. The van der Waals surface area contributed by atoms with Crippen LogP contribution in [0.4, 0.5) is 0 Å². The Hall–Kier alpha value is -2.79. The van der Waals surface area contributed by atoms with Crippen LogP contribution in [0.1, 0.15) is 23.7 Å². The van der Waals surface area contributed by atoms with Gasteiger partial charge in [0.25, 0.3) is 0 Å². The molecule has 0 aliphatic heterocycles. The molecule has 3 aromatic rings. The van der Waals surface area contributed by atoms with Crippen molar-refractivity contribution >= 4 is 23.3 Å². The number of nitrogens with one attached hydrogen (secondary N) is 1. The molecular formula is C19H17N3OS. The number of rotatable bonds is 5. The van der Waals surface area contributed by atoms with Crippen LogP contribution in [0.15, 0.2) is 66.2 Å². The molecule has 1 unspecified atom stereocenters. The van der Waals surface area contributed by atoms with Crippen LogP contribution in [0.2, 0.25) is 0 Å². The van der Waals surface area contributed by atoms with Crippen LogP contribution in [0.25, 0.3) is 17.3 Å². The Bertz CT molecular complexity index is 828. The third-order valence-corrected chi connectivity index (χ3v) is 4.44. The smallest absolute Gasteiger partial charge is 0.244 e. The summed E-state index contributed by atoms with van der Waals surface area (Å²) in [6, 6.07) is 15.4. The van der Waals surface area contributed by atoms with Gasteiger partial charge in [0.15, 0.2) is 0 Å². The topological polar surface area (TPSA) is 54.9 Å². The first-order valence-corrected chi connectivity index (χ1v) is 8.51. The molecule has 0 aliphatic carbocycles. The number of benzene rings is 1. The number of amides is 1. The van der Waals surface area contributed by atoms with Crippen LogP contribution >= 0.6 is 11.3 Å². The second-order valence-electron chi connectivity index (χ2n) is 5.26. The van der Waals surface area contributed by atoms with E-state index in [-0.39, 0.29) is 11.9 Å². The van der Waals surface area contributed by atoms with Crippen LogP contribution in [-0.2, 0) is 4.79 Å². The minimum atomic E-state index is -0.162. The van der Waals surface area contributed by atoms with Gasteiger partial charge in [-0.25, -0.2) is 4.98 Å². The second kappa shape index (κ2) is 7.66. The number of pyridine rings is 1. The van der Waals surface area contributed by atoms with Crippen LogP contribution < -0.4 is 5.32 Å². The van der Waals surface area contributed by atoms with Crippen molar-refractivity contribution in [2.45, 2.75) is 13.0 Å². The third kappa shape index (κ3) is 4.14. The highest BCUT2D eigenvalue weighted by Crippen LogP contribution is 2.25. The fourth-order valence-corrected chi connectivity index (χ4v) is 3.02. The highest BCUT2D eigenvalue weighted by atomic mass is 32.1. The van der Waals surface area contributed by atoms with Gasteiger partial charge in [-0.2, -0.15) is 0 Å². The number of hydrogen-bond acceptors (Lipinski definition) is 4. The first kappa shape index (κ1) is 16.1. The molecule has 0 saturated heterocycles. The van der Waals surface area contributed by atoms with E-state index in [1.165, 1.54) is 6.08 Å². The molecule has 5 heteroatoms. The minimum Gasteiger partial charge on any atom is -0.344 e. The van der Waals surface area contributed by atoms with E-state index in [4.69, 9.17) is 0 Å². The molecule has 2 aromatic heterocycles. The summed E-state index contributed by atoms with van der Waals surface area (Å²) in [5.41, 5.74) is 2.76. The first-order valence-electron chi connectivity index (χ1n) is 7.63. The summed E-state index contributed by atoms with van der Waals surface area (Å²) < 4.78 is 0. The zero-order valence-corrected chi connectivity index (χ0v) is 14.0. The highest BCUT2D eigenvalue weighted by molar-refractivity contribution is 7.10. The number of carbonyl (C=O) groups excluding carboxylic acids is 1. The Kier molecular flexibility index (Phi) is 5.13. The zero-order chi connectivity index (χ0) is 16.8. The summed E-state index contributed by atoms with van der Waals surface area (Å²) in [5.74, 6) is -0.162. The van der Waals surface area contributed by atoms with Crippen molar-refractivity contribution in [1.29, 1.82) is 0 Å². The van der Waals surface area contributed by atoms with Crippen molar-refractivity contribution < 1.29 is 4.79 Å². The van der Waals surface area contributed by atoms with Crippen molar-refractivity contribution in [3.05, 3.63) is 76.9 Å². The molecule has 0 spiro atoms. The van der Waals surface area contributed by atoms with Crippen molar-refractivity contribution in [3.63, 3.8) is 0 Å². The largest absolute Gasteiger partial charge is 0.344 e. The monoisotopic (exact) mass is 335 g/mol. The van der Waals surface area contributed by atoms with E-state index in [1.54, 1.807) is 23.6 Å². The number of aromatic nitrogens is 2. The summed E-state index contributed by atoms with van der Waals surface area (Å²) >= 11 is 1.55. The quantitative estimate of drug-likeness (QED) is 0.714. The summed E-state index contributed by atoms with van der Waals surface area (Å²) in [4.78, 5) is 20.8. The molecule has 1 amide bonds. The van der Waals surface area contributed by atoms with Gasteiger partial charge in [0.05, 0.1) is 17.4 Å². The Morgan fingerprint density at radius 2 is 1.96 bits per heavy atom. The van der Waals surface area contributed by atoms with E-state index in [9.17, 15) is 4.79 Å². The van der Waals surface area contributed by atoms with Crippen molar-refractivity contribution in [1.82, 2.24) is 15.3 Å². The van der Waals surface area contributed by atoms with Crippen molar-refractivity contribution in [2.75, 3.05) is 0 Å². The predicted molar refractivity (Wildman–Crippen MR) is 97.4 cm³/mol. The molecule has 120 valence electrons. The molecule has 1 aromatic carbocycles. The molecule has 0 aliphatic rings. The van der Waals surface area contributed by atoms with Crippen LogP contribution in [-0.4, -0.2) is 15.9 Å². The van der Waals surface area contributed by atoms with E-state index < -0.39 is 0 Å². The van der Waals surface area contributed by atoms with E-state index in [2.05, 4.69) is 15.3 Å². The Morgan fingerprint density at radius 3 is 2.71 bits per heavy atom. The SMILES string of the molecule is CC(NC(=O)C=Cc1ccccn1)c1nc(-c2ccccc2)cs1. The lowest BCUT2D eigenvalue weighted by molar-refractivity contribution is -0.117. The maximum absolute atomic E-state index is 12.0. The Labute approximate surface area is 144 Å². The lowest BCUT2D eigenvalue weighted by Crippen LogP contribution is -2.24. The summed E-state index contributed by atoms with van der Waals surface area (Å²) in [7, 11) is 0. The summed E-state index contributed by atoms with van der Waals surface area (Å²) in [5, 5.41) is 5.82. The van der Waals surface area contributed by atoms with E-state index >= 15 is 0 Å². The molecule has 2 heterocycles. The standard InChI is InChI=1S/C19H17N3OS/c1-14(21-18(23)11-10-16-9-5-6-12-20-16)19-22-17(13-24-19)15-7-3-2-4-8-15/h2-14H,1H3,(H,21,23). The Balaban J connectivity index is 1.63. The lowest BCUT2D eigenvalue weighted by Gasteiger charge is -2.08. The molecule has 3 rings (SSSR count). The molecule has 1 N–H and O–H groups in total. The van der Waals surface area contributed by atoms with Gasteiger partial charge in [0.1, 0.15) is 5.01 Å². The highest BCUT2D eigenvalue weighted by Gasteiger charge is 2.12. The van der Waals surface area contributed by atoms with Gasteiger partial charge in [-0.3, -0.25) is 9.78 Å². The van der Waals surface area contributed by atoms with E-state index in [0.29, 0.717) is 0 Å². The molecule has 24 heavy (non-hydrogen) atoms. The van der Waals surface area contributed by atoms with Gasteiger partial charge in [-0.1, -0.05) is 36.4 Å². The third-order valence-electron chi connectivity index (χ3n) is 3.41. The van der Waals surface area contributed by atoms with Gasteiger partial charge in [-0.15, -0.1) is 11.3 Å². The van der Waals surface area contributed by atoms with E-state index in [0.717, 1.165) is 22.0 Å². The molecule has 4 nitrogen and oxygen atoms in total. The fraction of sp³-hybridized carbons (Fsp3) is 0.105. The van der Waals surface area contributed by atoms with Gasteiger partial charge >= 0.3 is 0 Å². The molecule has 0 bridgehead atoms. The summed E-state index contributed by atoms with van der Waals surface area (Å²) in [6.07, 6.45) is 4.88. The number of hydrogen-bond donors (Lipinski definition) is 1. The van der Waals surface area contributed by atoms with Crippen LogP contribution in [0.3, 0.4) is 0 Å². The van der Waals surface area contributed by atoms with Crippen LogP contribution in [0.5, 0.6) is 0 Å². The van der Waals surface area contributed by atoms with Gasteiger partial charge in [0.2, 0.25) is 5.91 Å². The Morgan fingerprint density at radius 1 is 1.17 bits per heavy atom. The first-order chi connectivity index (χ1) is 11.7. The minimum absolute atomic E-state index is 0.145. The second-order valence-corrected chi connectivity index (χ2v) is 6.14. The number of thiazole rings is 1. The van der Waals surface area contributed by atoms with Crippen molar-refractivity contribution in [3.8, 4) is 11.3 Å². The van der Waals surface area contributed by atoms with E-state index in [1.807, 2.05) is 60.8 Å². The van der Waals surface area contributed by atoms with Crippen molar-refractivity contribution in [2.24, 2.45) is 0 Å². The number of carbonyl (C=O) groups is 1. The molecular weight excluding hydrogens is 318 g/mol. The normalized spacial score (nSPS) is 12.2. The summed E-state index contributed by atoms with van der Waals surface area (Å²) in [6.45, 7) is 1.93. The number of nitrogens with zero attached hydrogens (tertiary/aromatic N) is 2. The maximum Gasteiger partial charge on any atom is 0.244 e. The lowest BCUT2D eigenvalue weighted by atomic mass is 10.2. The average molecular weight is 335 g/mol. The van der Waals surface area contributed by atoms with Gasteiger partial charge in [-0.05, 0) is 25.1 Å². The maximum atomic E-state index is 12.0. The molecule has 1 atom stereocenters. The van der Waals surface area contributed by atoms with Crippen LogP contribution in [0, 0.1) is 0 Å². The fourth-order valence-electron chi connectivity index (χ4n) is 2.19. The molecule has 0 radical (unpaired) electrons. The zero-order valence-electron chi connectivity index (χ0n) is 13.2. The van der Waals surface area contributed by atoms with Gasteiger partial charge < -0.3 is 5.32 Å². The van der Waals surface area contributed by atoms with Gasteiger partial charge in [0, 0.05) is 23.2 Å². The average Bonchev–Trinajstić information content (AvgIpc) is 3.12. The molecule has 0 fully saturated rings.